The first-order valence-corrected chi connectivity index (χ1v) is 10.5. The summed E-state index contributed by atoms with van der Waals surface area (Å²) in [4.78, 5) is 26.0. The van der Waals surface area contributed by atoms with Gasteiger partial charge >= 0.3 is 29.6 Å². The van der Waals surface area contributed by atoms with E-state index in [1.807, 2.05) is 6.07 Å². The van der Waals surface area contributed by atoms with Gasteiger partial charge in [-0.15, -0.1) is 0 Å². The minimum Gasteiger partial charge on any atom is -0.545 e. The van der Waals surface area contributed by atoms with E-state index in [4.69, 9.17) is 0 Å². The van der Waals surface area contributed by atoms with Crippen LogP contribution in [0, 0.1) is 0 Å². The van der Waals surface area contributed by atoms with Crippen LogP contribution >= 0.6 is 0 Å². The first-order chi connectivity index (χ1) is 14.1. The maximum atomic E-state index is 12.7. The van der Waals surface area contributed by atoms with Crippen molar-refractivity contribution in [1.82, 2.24) is 5.32 Å². The molecule has 0 radical (unpaired) electrons. The summed E-state index contributed by atoms with van der Waals surface area (Å²) in [6.45, 7) is 4.25. The van der Waals surface area contributed by atoms with E-state index in [-0.39, 0.29) is 53.5 Å². The molecule has 154 valence electrons. The van der Waals surface area contributed by atoms with Gasteiger partial charge in [-0.25, -0.2) is 0 Å². The number of aromatic carboxylic acids is 1. The normalized spacial score (nSPS) is 14.5. The molecule has 1 heterocycles. The van der Waals surface area contributed by atoms with E-state index < -0.39 is 5.97 Å². The summed E-state index contributed by atoms with van der Waals surface area (Å²) in [6, 6.07) is 14.6. The van der Waals surface area contributed by atoms with Crippen LogP contribution in [0.3, 0.4) is 0 Å². The number of anilines is 1. The fourth-order valence-electron chi connectivity index (χ4n) is 3.99. The molecule has 3 rings (SSSR count). The second-order valence-corrected chi connectivity index (χ2v) is 7.68. The van der Waals surface area contributed by atoms with Crippen LogP contribution in [0.25, 0.3) is 0 Å². The predicted molar refractivity (Wildman–Crippen MR) is 113 cm³/mol. The average Bonchev–Trinajstić information content (AvgIpc) is 2.74. The maximum Gasteiger partial charge on any atom is 1.00 e. The SMILES string of the molecule is CCCC(NC(=O)Cc1ccc(C(=O)[O-])cc1)c1ccccc1N1CCCCC1.[Na+]. The van der Waals surface area contributed by atoms with E-state index in [2.05, 4.69) is 35.3 Å². The van der Waals surface area contributed by atoms with Gasteiger partial charge in [0.25, 0.3) is 0 Å². The molecule has 1 saturated heterocycles. The minimum absolute atomic E-state index is 0. The Kier molecular flexibility index (Phi) is 9.89. The van der Waals surface area contributed by atoms with Gasteiger partial charge in [0, 0.05) is 18.8 Å². The van der Waals surface area contributed by atoms with Gasteiger partial charge in [-0.05, 0) is 48.4 Å². The quantitative estimate of drug-likeness (QED) is 0.626. The molecule has 6 heteroatoms. The van der Waals surface area contributed by atoms with Gasteiger partial charge in [-0.3, -0.25) is 4.79 Å². The number of carbonyl (C=O) groups excluding carboxylic acids is 2. The number of piperidine rings is 1. The molecule has 1 aliphatic heterocycles. The number of hydrogen-bond acceptors (Lipinski definition) is 4. The second kappa shape index (κ2) is 12.1. The molecule has 0 aromatic heterocycles. The number of para-hydroxylation sites is 1. The molecule has 1 fully saturated rings. The number of nitrogens with zero attached hydrogens (tertiary/aromatic N) is 1. The van der Waals surface area contributed by atoms with Crippen LogP contribution in [0.4, 0.5) is 5.69 Å². The van der Waals surface area contributed by atoms with Crippen molar-refractivity contribution in [3.63, 3.8) is 0 Å². The molecular weight excluding hydrogens is 387 g/mol. The third-order valence-corrected chi connectivity index (χ3v) is 5.48. The maximum absolute atomic E-state index is 12.7. The number of amides is 1. The molecule has 1 amide bonds. The number of benzene rings is 2. The van der Waals surface area contributed by atoms with Crippen LogP contribution in [-0.2, 0) is 11.2 Å². The van der Waals surface area contributed by atoms with Crippen LogP contribution < -0.4 is 44.9 Å². The van der Waals surface area contributed by atoms with Gasteiger partial charge in [0.15, 0.2) is 0 Å². The van der Waals surface area contributed by atoms with Crippen molar-refractivity contribution in [2.24, 2.45) is 0 Å². The zero-order valence-corrected chi connectivity index (χ0v) is 20.0. The van der Waals surface area contributed by atoms with Gasteiger partial charge in [-0.1, -0.05) is 55.8 Å². The molecule has 2 aromatic carbocycles. The molecule has 0 bridgehead atoms. The molecule has 1 N–H and O–H groups in total. The standard InChI is InChI=1S/C24H30N2O3.Na/c1-2-8-21(20-9-4-5-10-22(20)26-15-6-3-7-16-26)25-23(27)17-18-11-13-19(14-12-18)24(28)29;/h4-5,9-14,21H,2-3,6-8,15-17H2,1H3,(H,25,27)(H,28,29);/q;+1/p-1. The molecule has 0 spiro atoms. The summed E-state index contributed by atoms with van der Waals surface area (Å²) in [5, 5.41) is 14.1. The van der Waals surface area contributed by atoms with Crippen LogP contribution in [0.2, 0.25) is 0 Å². The number of carboxylic acid groups (broad SMARTS) is 1. The molecule has 1 unspecified atom stereocenters. The molecule has 1 aliphatic rings. The molecule has 0 saturated carbocycles. The van der Waals surface area contributed by atoms with E-state index >= 15 is 0 Å². The van der Waals surface area contributed by atoms with Crippen molar-refractivity contribution in [3.05, 3.63) is 65.2 Å². The topological polar surface area (TPSA) is 72.5 Å². The Hall–Kier alpha value is -1.82. The fraction of sp³-hybridized carbons (Fsp3) is 0.417. The van der Waals surface area contributed by atoms with E-state index in [1.165, 1.54) is 42.6 Å². The monoisotopic (exact) mass is 416 g/mol. The first-order valence-electron chi connectivity index (χ1n) is 10.5. The molecule has 2 aromatic rings. The van der Waals surface area contributed by atoms with E-state index in [9.17, 15) is 14.7 Å². The van der Waals surface area contributed by atoms with Crippen molar-refractivity contribution in [2.45, 2.75) is 51.5 Å². The Labute approximate surface area is 201 Å². The van der Waals surface area contributed by atoms with Crippen LogP contribution in [0.15, 0.2) is 48.5 Å². The molecule has 0 aliphatic carbocycles. The number of carboxylic acids is 1. The van der Waals surface area contributed by atoms with Gasteiger partial charge in [0.1, 0.15) is 0 Å². The number of carbonyl (C=O) groups is 2. The minimum atomic E-state index is -1.21. The Morgan fingerprint density at radius 1 is 1.03 bits per heavy atom. The van der Waals surface area contributed by atoms with Crippen molar-refractivity contribution in [1.29, 1.82) is 0 Å². The fourth-order valence-corrected chi connectivity index (χ4v) is 3.99. The van der Waals surface area contributed by atoms with Crippen molar-refractivity contribution in [2.75, 3.05) is 18.0 Å². The smallest absolute Gasteiger partial charge is 0.545 e. The average molecular weight is 416 g/mol. The van der Waals surface area contributed by atoms with E-state index in [0.717, 1.165) is 31.5 Å². The van der Waals surface area contributed by atoms with Gasteiger partial charge in [-0.2, -0.15) is 0 Å². The zero-order valence-electron chi connectivity index (χ0n) is 18.0. The van der Waals surface area contributed by atoms with Crippen molar-refractivity contribution < 1.29 is 44.3 Å². The summed E-state index contributed by atoms with van der Waals surface area (Å²) in [7, 11) is 0. The second-order valence-electron chi connectivity index (χ2n) is 7.68. The summed E-state index contributed by atoms with van der Waals surface area (Å²) in [5.41, 5.74) is 3.31. The largest absolute Gasteiger partial charge is 1.00 e. The Morgan fingerprint density at radius 2 is 1.70 bits per heavy atom. The van der Waals surface area contributed by atoms with E-state index in [1.54, 1.807) is 12.1 Å². The predicted octanol–water partition coefficient (Wildman–Crippen LogP) is 0.245. The first kappa shape index (κ1) is 24.4. The Bertz CT molecular complexity index is 833. The number of nitrogens with one attached hydrogen (secondary N) is 1. The molecule has 5 nitrogen and oxygen atoms in total. The van der Waals surface area contributed by atoms with Crippen LogP contribution in [0.5, 0.6) is 0 Å². The Morgan fingerprint density at radius 3 is 2.33 bits per heavy atom. The number of hydrogen-bond donors (Lipinski definition) is 1. The number of rotatable bonds is 8. The van der Waals surface area contributed by atoms with Gasteiger partial charge < -0.3 is 20.1 Å². The zero-order chi connectivity index (χ0) is 20.6. The third-order valence-electron chi connectivity index (χ3n) is 5.48. The summed E-state index contributed by atoms with van der Waals surface area (Å²) in [5.74, 6) is -1.27. The molecular formula is C24H29N2NaO3. The molecule has 30 heavy (non-hydrogen) atoms. The third kappa shape index (κ3) is 6.59. The van der Waals surface area contributed by atoms with Gasteiger partial charge in [0.2, 0.25) is 5.91 Å². The van der Waals surface area contributed by atoms with E-state index in [0.29, 0.717) is 0 Å². The van der Waals surface area contributed by atoms with Crippen molar-refractivity contribution in [3.8, 4) is 0 Å². The Balaban J connectivity index is 0.00000320. The summed E-state index contributed by atoms with van der Waals surface area (Å²) in [6.07, 6.45) is 5.77. The van der Waals surface area contributed by atoms with Crippen LogP contribution in [-0.4, -0.2) is 25.0 Å². The van der Waals surface area contributed by atoms with Gasteiger partial charge in [0.05, 0.1) is 18.4 Å². The summed E-state index contributed by atoms with van der Waals surface area (Å²) < 4.78 is 0. The summed E-state index contributed by atoms with van der Waals surface area (Å²) >= 11 is 0. The van der Waals surface area contributed by atoms with Crippen molar-refractivity contribution >= 4 is 17.6 Å². The van der Waals surface area contributed by atoms with Crippen LogP contribution in [0.1, 0.15) is 66.6 Å². The molecule has 1 atom stereocenters.